The van der Waals surface area contributed by atoms with Crippen molar-refractivity contribution in [1.29, 1.82) is 0 Å². The summed E-state index contributed by atoms with van der Waals surface area (Å²) in [6.45, 7) is 1.90. The van der Waals surface area contributed by atoms with Crippen molar-refractivity contribution in [2.45, 2.75) is 64.0 Å². The van der Waals surface area contributed by atoms with Crippen molar-refractivity contribution in [3.05, 3.63) is 0 Å². The average Bonchev–Trinajstić information content (AvgIpc) is 2.29. The monoisotopic (exact) mass is 242 g/mol. The molecular weight excluding hydrogens is 220 g/mol. The van der Waals surface area contributed by atoms with E-state index in [1.807, 2.05) is 6.92 Å². The molecule has 1 atom stereocenters. The van der Waals surface area contributed by atoms with Gasteiger partial charge in [0, 0.05) is 6.04 Å². The summed E-state index contributed by atoms with van der Waals surface area (Å²) in [5.41, 5.74) is 0. The summed E-state index contributed by atoms with van der Waals surface area (Å²) in [4.78, 5) is 22.5. The van der Waals surface area contributed by atoms with Gasteiger partial charge in [-0.25, -0.2) is 9.59 Å². The van der Waals surface area contributed by atoms with Crippen molar-refractivity contribution >= 4 is 12.0 Å². The Bertz CT molecular complexity index is 262. The lowest BCUT2D eigenvalue weighted by atomic mass is 9.96. The molecule has 5 nitrogen and oxygen atoms in total. The van der Waals surface area contributed by atoms with E-state index in [4.69, 9.17) is 5.11 Å². The second-order valence-electron chi connectivity index (χ2n) is 4.63. The normalized spacial score (nSPS) is 18.4. The van der Waals surface area contributed by atoms with Gasteiger partial charge in [-0.15, -0.1) is 0 Å². The Hall–Kier alpha value is -1.26. The zero-order valence-corrected chi connectivity index (χ0v) is 10.4. The summed E-state index contributed by atoms with van der Waals surface area (Å²) >= 11 is 0. The first-order valence-corrected chi connectivity index (χ1v) is 6.43. The maximum atomic E-state index is 11.6. The van der Waals surface area contributed by atoms with Crippen LogP contribution in [-0.2, 0) is 4.79 Å². The summed E-state index contributed by atoms with van der Waals surface area (Å²) in [5.74, 6) is -0.967. The van der Waals surface area contributed by atoms with Crippen LogP contribution in [0, 0.1) is 0 Å². The Morgan fingerprint density at radius 1 is 1.29 bits per heavy atom. The third kappa shape index (κ3) is 5.06. The van der Waals surface area contributed by atoms with Crippen LogP contribution in [-0.4, -0.2) is 29.2 Å². The Morgan fingerprint density at radius 3 is 2.47 bits per heavy atom. The highest BCUT2D eigenvalue weighted by Crippen LogP contribution is 2.17. The van der Waals surface area contributed by atoms with E-state index >= 15 is 0 Å². The summed E-state index contributed by atoms with van der Waals surface area (Å²) < 4.78 is 0. The Balaban J connectivity index is 2.33. The number of aliphatic carboxylic acids is 1. The van der Waals surface area contributed by atoms with Gasteiger partial charge in [0.05, 0.1) is 0 Å². The number of carbonyl (C=O) groups is 2. The zero-order valence-electron chi connectivity index (χ0n) is 10.4. The molecule has 1 fully saturated rings. The molecular formula is C12H22N2O3. The minimum absolute atomic E-state index is 0.208. The molecule has 2 amide bonds. The molecule has 5 heteroatoms. The van der Waals surface area contributed by atoms with Crippen LogP contribution < -0.4 is 10.6 Å². The number of urea groups is 1. The van der Waals surface area contributed by atoms with Crippen LogP contribution >= 0.6 is 0 Å². The van der Waals surface area contributed by atoms with Gasteiger partial charge in [0.1, 0.15) is 6.04 Å². The summed E-state index contributed by atoms with van der Waals surface area (Å²) in [7, 11) is 0. The molecule has 0 aromatic carbocycles. The number of rotatable bonds is 5. The third-order valence-corrected chi connectivity index (χ3v) is 3.12. The second-order valence-corrected chi connectivity index (χ2v) is 4.63. The van der Waals surface area contributed by atoms with Gasteiger partial charge < -0.3 is 15.7 Å². The molecule has 0 unspecified atom stereocenters. The van der Waals surface area contributed by atoms with Gasteiger partial charge in [0.15, 0.2) is 0 Å². The third-order valence-electron chi connectivity index (χ3n) is 3.12. The Kier molecular flexibility index (Phi) is 5.80. The lowest BCUT2D eigenvalue weighted by molar-refractivity contribution is -0.139. The number of hydrogen-bond donors (Lipinski definition) is 3. The van der Waals surface area contributed by atoms with Crippen LogP contribution in [0.5, 0.6) is 0 Å². The van der Waals surface area contributed by atoms with Gasteiger partial charge in [0.2, 0.25) is 0 Å². The predicted octanol–water partition coefficient (Wildman–Crippen LogP) is 1.87. The summed E-state index contributed by atoms with van der Waals surface area (Å²) in [6, 6.07) is -0.916. The van der Waals surface area contributed by atoms with E-state index in [9.17, 15) is 9.59 Å². The molecule has 1 saturated carbocycles. The van der Waals surface area contributed by atoms with E-state index in [-0.39, 0.29) is 12.1 Å². The molecule has 0 radical (unpaired) electrons. The SMILES string of the molecule is CCC[C@@H](NC(=O)NC1CCCCC1)C(=O)O. The van der Waals surface area contributed by atoms with E-state index in [0.29, 0.717) is 6.42 Å². The van der Waals surface area contributed by atoms with Crippen LogP contribution in [0.4, 0.5) is 4.79 Å². The van der Waals surface area contributed by atoms with Gasteiger partial charge in [0.25, 0.3) is 0 Å². The van der Waals surface area contributed by atoms with Gasteiger partial charge in [-0.05, 0) is 19.3 Å². The first-order valence-electron chi connectivity index (χ1n) is 6.43. The molecule has 0 saturated heterocycles. The van der Waals surface area contributed by atoms with E-state index in [1.165, 1.54) is 6.42 Å². The molecule has 0 aromatic heterocycles. The van der Waals surface area contributed by atoms with E-state index in [0.717, 1.165) is 32.1 Å². The van der Waals surface area contributed by atoms with Crippen molar-refractivity contribution in [3.8, 4) is 0 Å². The number of carboxylic acid groups (broad SMARTS) is 1. The molecule has 3 N–H and O–H groups in total. The van der Waals surface area contributed by atoms with Crippen LogP contribution in [0.25, 0.3) is 0 Å². The lowest BCUT2D eigenvalue weighted by Crippen LogP contribution is -2.49. The summed E-state index contributed by atoms with van der Waals surface area (Å²) in [5, 5.41) is 14.3. The number of nitrogens with one attached hydrogen (secondary N) is 2. The van der Waals surface area contributed by atoms with Crippen LogP contribution in [0.1, 0.15) is 51.9 Å². The standard InChI is InChI=1S/C12H22N2O3/c1-2-6-10(11(15)16)14-12(17)13-9-7-4-3-5-8-9/h9-10H,2-8H2,1H3,(H,15,16)(H2,13,14,17)/t10-/m1/s1. The van der Waals surface area contributed by atoms with Crippen molar-refractivity contribution in [2.24, 2.45) is 0 Å². The van der Waals surface area contributed by atoms with Gasteiger partial charge in [-0.3, -0.25) is 0 Å². The molecule has 1 aliphatic rings. The zero-order chi connectivity index (χ0) is 12.7. The molecule has 0 spiro atoms. The van der Waals surface area contributed by atoms with Crippen LogP contribution in [0.3, 0.4) is 0 Å². The highest BCUT2D eigenvalue weighted by atomic mass is 16.4. The maximum absolute atomic E-state index is 11.6. The fraction of sp³-hybridized carbons (Fsp3) is 0.833. The molecule has 0 aromatic rings. The smallest absolute Gasteiger partial charge is 0.326 e. The van der Waals surface area contributed by atoms with Crippen molar-refractivity contribution in [1.82, 2.24) is 10.6 Å². The van der Waals surface area contributed by atoms with E-state index in [1.54, 1.807) is 0 Å². The minimum atomic E-state index is -0.967. The molecule has 0 aliphatic heterocycles. The van der Waals surface area contributed by atoms with Crippen molar-refractivity contribution in [2.75, 3.05) is 0 Å². The number of amides is 2. The molecule has 0 heterocycles. The maximum Gasteiger partial charge on any atom is 0.326 e. The molecule has 1 rings (SSSR count). The van der Waals surface area contributed by atoms with Crippen molar-refractivity contribution in [3.63, 3.8) is 0 Å². The second kappa shape index (κ2) is 7.14. The topological polar surface area (TPSA) is 78.4 Å². The van der Waals surface area contributed by atoms with E-state index in [2.05, 4.69) is 10.6 Å². The number of hydrogen-bond acceptors (Lipinski definition) is 2. The van der Waals surface area contributed by atoms with Crippen LogP contribution in [0.15, 0.2) is 0 Å². The molecule has 1 aliphatic carbocycles. The largest absolute Gasteiger partial charge is 0.480 e. The van der Waals surface area contributed by atoms with Gasteiger partial charge in [-0.1, -0.05) is 32.6 Å². The highest BCUT2D eigenvalue weighted by molar-refractivity contribution is 5.82. The van der Waals surface area contributed by atoms with Crippen LogP contribution in [0.2, 0.25) is 0 Å². The Labute approximate surface area is 102 Å². The Morgan fingerprint density at radius 2 is 1.94 bits per heavy atom. The molecule has 0 bridgehead atoms. The minimum Gasteiger partial charge on any atom is -0.480 e. The molecule has 98 valence electrons. The fourth-order valence-electron chi connectivity index (χ4n) is 2.18. The lowest BCUT2D eigenvalue weighted by Gasteiger charge is -2.24. The molecule has 17 heavy (non-hydrogen) atoms. The summed E-state index contributed by atoms with van der Waals surface area (Å²) in [6.07, 6.45) is 6.71. The number of carboxylic acids is 1. The number of carbonyl (C=O) groups excluding carboxylic acids is 1. The van der Waals surface area contributed by atoms with E-state index < -0.39 is 12.0 Å². The quantitative estimate of drug-likeness (QED) is 0.688. The van der Waals surface area contributed by atoms with Gasteiger partial charge in [-0.2, -0.15) is 0 Å². The highest BCUT2D eigenvalue weighted by Gasteiger charge is 2.21. The first kappa shape index (κ1) is 13.8. The predicted molar refractivity (Wildman–Crippen MR) is 64.9 cm³/mol. The average molecular weight is 242 g/mol. The first-order chi connectivity index (χ1) is 8.13. The van der Waals surface area contributed by atoms with Gasteiger partial charge >= 0.3 is 12.0 Å². The fourth-order valence-corrected chi connectivity index (χ4v) is 2.18. The van der Waals surface area contributed by atoms with Crippen molar-refractivity contribution < 1.29 is 14.7 Å².